The Bertz CT molecular complexity index is 798. The lowest BCUT2D eigenvalue weighted by atomic mass is 10.4. The molecular weight excluding hydrogens is 322 g/mol. The van der Waals surface area contributed by atoms with Crippen molar-refractivity contribution in [3.05, 3.63) is 58.7 Å². The summed E-state index contributed by atoms with van der Waals surface area (Å²) in [5.41, 5.74) is 1.97. The van der Waals surface area contributed by atoms with E-state index in [4.69, 9.17) is 4.74 Å². The first-order chi connectivity index (χ1) is 9.63. The average Bonchev–Trinajstić information content (AvgIpc) is 2.84. The molecule has 5 nitrogen and oxygen atoms in total. The molecule has 3 heterocycles. The van der Waals surface area contributed by atoms with Crippen LogP contribution in [0.25, 0.3) is 5.65 Å². The predicted molar refractivity (Wildman–Crippen MR) is 76.8 cm³/mol. The molecule has 0 atom stereocenters. The van der Waals surface area contributed by atoms with Gasteiger partial charge >= 0.3 is 5.97 Å². The number of hydrogen-bond donors (Lipinski definition) is 0. The number of halogens is 1. The molecule has 0 aliphatic rings. The number of nitrogens with zero attached hydrogens (tertiary/aromatic N) is 3. The maximum absolute atomic E-state index is 12.1. The monoisotopic (exact) mass is 331 g/mol. The number of carbonyl (C=O) groups is 1. The van der Waals surface area contributed by atoms with E-state index >= 15 is 0 Å². The summed E-state index contributed by atoms with van der Waals surface area (Å²) in [4.78, 5) is 20.3. The SMILES string of the molecule is Cc1cccc2nc(C(=O)Oc3cncc(Br)c3)cn12. The van der Waals surface area contributed by atoms with Crippen molar-refractivity contribution in [2.45, 2.75) is 6.92 Å². The molecule has 0 fully saturated rings. The molecule has 6 heteroatoms. The van der Waals surface area contributed by atoms with Crippen molar-refractivity contribution in [2.24, 2.45) is 0 Å². The second kappa shape index (κ2) is 5.05. The highest BCUT2D eigenvalue weighted by molar-refractivity contribution is 9.10. The van der Waals surface area contributed by atoms with E-state index < -0.39 is 5.97 Å². The lowest BCUT2D eigenvalue weighted by Crippen LogP contribution is -2.09. The molecular formula is C14H10BrN3O2. The third-order valence-corrected chi connectivity index (χ3v) is 3.23. The lowest BCUT2D eigenvalue weighted by molar-refractivity contribution is 0.0728. The first-order valence-electron chi connectivity index (χ1n) is 5.91. The van der Waals surface area contributed by atoms with Crippen molar-refractivity contribution in [2.75, 3.05) is 0 Å². The summed E-state index contributed by atoms with van der Waals surface area (Å²) >= 11 is 3.27. The zero-order valence-corrected chi connectivity index (χ0v) is 12.2. The minimum Gasteiger partial charge on any atom is -0.420 e. The molecule has 0 spiro atoms. The van der Waals surface area contributed by atoms with Crippen LogP contribution in [-0.2, 0) is 0 Å². The second-order valence-corrected chi connectivity index (χ2v) is 5.17. The van der Waals surface area contributed by atoms with Crippen molar-refractivity contribution in [1.29, 1.82) is 0 Å². The zero-order valence-electron chi connectivity index (χ0n) is 10.6. The van der Waals surface area contributed by atoms with Gasteiger partial charge in [-0.2, -0.15) is 0 Å². The summed E-state index contributed by atoms with van der Waals surface area (Å²) in [6, 6.07) is 7.35. The van der Waals surface area contributed by atoms with E-state index in [1.807, 2.05) is 29.5 Å². The molecule has 0 bridgehead atoms. The van der Waals surface area contributed by atoms with Gasteiger partial charge in [-0.1, -0.05) is 6.07 Å². The van der Waals surface area contributed by atoms with Gasteiger partial charge in [0, 0.05) is 22.6 Å². The Kier molecular flexibility index (Phi) is 3.23. The van der Waals surface area contributed by atoms with Crippen LogP contribution in [0.3, 0.4) is 0 Å². The summed E-state index contributed by atoms with van der Waals surface area (Å²) < 4.78 is 7.83. The van der Waals surface area contributed by atoms with Gasteiger partial charge in [0.05, 0.1) is 6.20 Å². The van der Waals surface area contributed by atoms with Crippen LogP contribution >= 0.6 is 15.9 Å². The summed E-state index contributed by atoms with van der Waals surface area (Å²) in [6.45, 7) is 1.95. The van der Waals surface area contributed by atoms with Crippen molar-refractivity contribution in [3.63, 3.8) is 0 Å². The molecule has 0 aromatic carbocycles. The highest BCUT2D eigenvalue weighted by Gasteiger charge is 2.14. The van der Waals surface area contributed by atoms with Gasteiger partial charge < -0.3 is 9.14 Å². The second-order valence-electron chi connectivity index (χ2n) is 4.25. The molecule has 20 heavy (non-hydrogen) atoms. The molecule has 3 aromatic rings. The molecule has 0 aliphatic heterocycles. The number of rotatable bonds is 2. The van der Waals surface area contributed by atoms with Gasteiger partial charge in [0.2, 0.25) is 0 Å². The van der Waals surface area contributed by atoms with Crippen LogP contribution in [0.4, 0.5) is 0 Å². The van der Waals surface area contributed by atoms with Crippen molar-refractivity contribution in [1.82, 2.24) is 14.4 Å². The minimum absolute atomic E-state index is 0.263. The van der Waals surface area contributed by atoms with Crippen LogP contribution in [0.5, 0.6) is 5.75 Å². The number of ether oxygens (including phenoxy) is 1. The topological polar surface area (TPSA) is 56.5 Å². The molecule has 0 unspecified atom stereocenters. The van der Waals surface area contributed by atoms with Crippen LogP contribution in [-0.4, -0.2) is 20.3 Å². The number of pyridine rings is 2. The standard InChI is InChI=1S/C14H10BrN3O2/c1-9-3-2-4-13-17-12(8-18(9)13)14(19)20-11-5-10(15)6-16-7-11/h2-8H,1H3. The van der Waals surface area contributed by atoms with E-state index in [0.29, 0.717) is 11.4 Å². The van der Waals surface area contributed by atoms with Crippen molar-refractivity contribution >= 4 is 27.5 Å². The molecule has 100 valence electrons. The normalized spacial score (nSPS) is 10.7. The van der Waals surface area contributed by atoms with E-state index in [0.717, 1.165) is 10.2 Å². The molecule has 0 radical (unpaired) electrons. The number of hydrogen-bond acceptors (Lipinski definition) is 4. The number of esters is 1. The molecule has 0 saturated heterocycles. The first kappa shape index (κ1) is 12.8. The first-order valence-corrected chi connectivity index (χ1v) is 6.70. The van der Waals surface area contributed by atoms with E-state index in [9.17, 15) is 4.79 Å². The Hall–Kier alpha value is -2.21. The fourth-order valence-corrected chi connectivity index (χ4v) is 2.20. The number of fused-ring (bicyclic) bond motifs is 1. The Balaban J connectivity index is 1.91. The Morgan fingerprint density at radius 3 is 2.95 bits per heavy atom. The largest absolute Gasteiger partial charge is 0.420 e. The third-order valence-electron chi connectivity index (χ3n) is 2.80. The van der Waals surface area contributed by atoms with Crippen molar-refractivity contribution in [3.8, 4) is 5.75 Å². The fourth-order valence-electron chi connectivity index (χ4n) is 1.85. The maximum atomic E-state index is 12.1. The molecule has 3 rings (SSSR count). The van der Waals surface area contributed by atoms with Crippen LogP contribution < -0.4 is 4.74 Å². The number of aromatic nitrogens is 3. The van der Waals surface area contributed by atoms with Gasteiger partial charge in [-0.3, -0.25) is 4.98 Å². The Labute approximate surface area is 123 Å². The van der Waals surface area contributed by atoms with Crippen LogP contribution in [0.2, 0.25) is 0 Å². The van der Waals surface area contributed by atoms with Crippen LogP contribution in [0, 0.1) is 6.92 Å². The minimum atomic E-state index is -0.506. The third kappa shape index (κ3) is 2.42. The number of aryl methyl sites for hydroxylation is 1. The molecule has 0 amide bonds. The van der Waals surface area contributed by atoms with Gasteiger partial charge in [-0.15, -0.1) is 0 Å². The van der Waals surface area contributed by atoms with Gasteiger partial charge in [0.15, 0.2) is 11.4 Å². The predicted octanol–water partition coefficient (Wildman–Crippen LogP) is 3.02. The fraction of sp³-hybridized carbons (Fsp3) is 0.0714. The quantitative estimate of drug-likeness (QED) is 0.677. The molecule has 0 aliphatic carbocycles. The van der Waals surface area contributed by atoms with E-state index in [1.165, 1.54) is 6.20 Å². The van der Waals surface area contributed by atoms with E-state index in [-0.39, 0.29) is 5.69 Å². The van der Waals surface area contributed by atoms with Gasteiger partial charge in [0.1, 0.15) is 5.65 Å². The van der Waals surface area contributed by atoms with Crippen LogP contribution in [0.1, 0.15) is 16.2 Å². The van der Waals surface area contributed by atoms with Gasteiger partial charge in [0.25, 0.3) is 0 Å². The summed E-state index contributed by atoms with van der Waals surface area (Å²) in [7, 11) is 0. The molecule has 0 saturated carbocycles. The maximum Gasteiger partial charge on any atom is 0.364 e. The molecule has 0 N–H and O–H groups in total. The number of imidazole rings is 1. The van der Waals surface area contributed by atoms with Gasteiger partial charge in [-0.25, -0.2) is 9.78 Å². The Morgan fingerprint density at radius 1 is 1.35 bits per heavy atom. The van der Waals surface area contributed by atoms with E-state index in [2.05, 4.69) is 25.9 Å². The summed E-state index contributed by atoms with van der Waals surface area (Å²) in [5, 5.41) is 0. The van der Waals surface area contributed by atoms with Crippen molar-refractivity contribution < 1.29 is 9.53 Å². The highest BCUT2D eigenvalue weighted by Crippen LogP contribution is 2.17. The smallest absolute Gasteiger partial charge is 0.364 e. The lowest BCUT2D eigenvalue weighted by Gasteiger charge is -2.01. The van der Waals surface area contributed by atoms with Crippen LogP contribution in [0.15, 0.2) is 47.3 Å². The Morgan fingerprint density at radius 2 is 2.20 bits per heavy atom. The summed E-state index contributed by atoms with van der Waals surface area (Å²) in [5.74, 6) is -0.133. The van der Waals surface area contributed by atoms with E-state index in [1.54, 1.807) is 18.5 Å². The van der Waals surface area contributed by atoms with Gasteiger partial charge in [-0.05, 0) is 41.1 Å². The average molecular weight is 332 g/mol. The summed E-state index contributed by atoms with van der Waals surface area (Å²) in [6.07, 6.45) is 4.76. The molecule has 3 aromatic heterocycles. The highest BCUT2D eigenvalue weighted by atomic mass is 79.9. The zero-order chi connectivity index (χ0) is 14.1. The number of carbonyl (C=O) groups excluding carboxylic acids is 1.